The van der Waals surface area contributed by atoms with Gasteiger partial charge in [-0.15, -0.1) is 0 Å². The number of anilines is 1. The molecular weight excluding hydrogens is 240 g/mol. The van der Waals surface area contributed by atoms with Gasteiger partial charge in [0, 0.05) is 38.2 Å². The van der Waals surface area contributed by atoms with Gasteiger partial charge in [-0.25, -0.2) is 4.98 Å². The maximum Gasteiger partial charge on any atom is 0.222 e. The molecule has 1 N–H and O–H groups in total. The number of fused-ring (bicyclic) bond motifs is 1. The zero-order valence-electron chi connectivity index (χ0n) is 11.7. The molecular formula is C14H18N4O. The average molecular weight is 258 g/mol. The molecule has 0 atom stereocenters. The number of nitrogens with one attached hydrogen (secondary N) is 1. The van der Waals surface area contributed by atoms with E-state index in [-0.39, 0.29) is 5.91 Å². The van der Waals surface area contributed by atoms with Gasteiger partial charge in [-0.05, 0) is 25.5 Å². The second-order valence-electron chi connectivity index (χ2n) is 4.43. The van der Waals surface area contributed by atoms with E-state index in [9.17, 15) is 4.79 Å². The molecule has 0 aliphatic heterocycles. The zero-order valence-corrected chi connectivity index (χ0v) is 11.7. The second-order valence-corrected chi connectivity index (χ2v) is 4.43. The summed E-state index contributed by atoms with van der Waals surface area (Å²) in [7, 11) is 1.79. The van der Waals surface area contributed by atoms with Gasteiger partial charge >= 0.3 is 0 Å². The zero-order chi connectivity index (χ0) is 14.0. The van der Waals surface area contributed by atoms with Crippen molar-refractivity contribution in [1.29, 1.82) is 0 Å². The monoisotopic (exact) mass is 258 g/mol. The van der Waals surface area contributed by atoms with Crippen LogP contribution in [0.4, 0.5) is 5.82 Å². The topological polar surface area (TPSA) is 59.3 Å². The number of carbonyl (C=O) groups is 1. The van der Waals surface area contributed by atoms with E-state index in [0.717, 1.165) is 28.5 Å². The summed E-state index contributed by atoms with van der Waals surface area (Å²) < 4.78 is 2.12. The second kappa shape index (κ2) is 5.22. The average Bonchev–Trinajstić information content (AvgIpc) is 2.36. The fraction of sp³-hybridized carbons (Fsp3) is 0.357. The van der Waals surface area contributed by atoms with Crippen molar-refractivity contribution >= 4 is 22.6 Å². The molecule has 0 saturated heterocycles. The first kappa shape index (κ1) is 13.3. The maximum absolute atomic E-state index is 11.1. The van der Waals surface area contributed by atoms with Gasteiger partial charge in [-0.3, -0.25) is 9.79 Å². The molecule has 0 radical (unpaired) electrons. The molecule has 5 heteroatoms. The number of carbonyl (C=O) groups excluding carboxylic acids is 1. The van der Waals surface area contributed by atoms with Crippen LogP contribution in [0.15, 0.2) is 23.3 Å². The summed E-state index contributed by atoms with van der Waals surface area (Å²) >= 11 is 0. The molecule has 2 aromatic heterocycles. The summed E-state index contributed by atoms with van der Waals surface area (Å²) in [6, 6.07) is 3.95. The predicted molar refractivity (Wildman–Crippen MR) is 75.9 cm³/mol. The van der Waals surface area contributed by atoms with E-state index < -0.39 is 0 Å². The van der Waals surface area contributed by atoms with Crippen molar-refractivity contribution in [1.82, 2.24) is 9.55 Å². The first-order valence-corrected chi connectivity index (χ1v) is 6.27. The van der Waals surface area contributed by atoms with Crippen molar-refractivity contribution in [3.63, 3.8) is 0 Å². The Labute approximate surface area is 112 Å². The molecule has 0 saturated carbocycles. The number of amides is 1. The standard InChI is InChI=1S/C14H18N4O/c1-5-18-12-7-13(17-10(3)19)16-8-11(12)6-9(2)14(18)15-4/h6-8H,5H2,1-4H3,(H,16,17,19). The fourth-order valence-electron chi connectivity index (χ4n) is 2.29. The minimum Gasteiger partial charge on any atom is -0.326 e. The van der Waals surface area contributed by atoms with Crippen molar-refractivity contribution in [2.75, 3.05) is 12.4 Å². The van der Waals surface area contributed by atoms with E-state index in [1.54, 1.807) is 13.2 Å². The van der Waals surface area contributed by atoms with Crippen LogP contribution in [0.1, 0.15) is 19.4 Å². The number of hydrogen-bond acceptors (Lipinski definition) is 3. The third kappa shape index (κ3) is 2.50. The summed E-state index contributed by atoms with van der Waals surface area (Å²) in [5.41, 5.74) is 3.09. The smallest absolute Gasteiger partial charge is 0.222 e. The summed E-state index contributed by atoms with van der Waals surface area (Å²) in [4.78, 5) is 19.7. The van der Waals surface area contributed by atoms with Gasteiger partial charge in [0.05, 0.1) is 5.52 Å². The Morgan fingerprint density at radius 1 is 1.47 bits per heavy atom. The first-order chi connectivity index (χ1) is 9.06. The lowest BCUT2D eigenvalue weighted by Gasteiger charge is -2.13. The maximum atomic E-state index is 11.1. The van der Waals surface area contributed by atoms with Crippen molar-refractivity contribution in [2.45, 2.75) is 27.3 Å². The van der Waals surface area contributed by atoms with E-state index >= 15 is 0 Å². The van der Waals surface area contributed by atoms with E-state index in [1.165, 1.54) is 6.92 Å². The Morgan fingerprint density at radius 3 is 2.79 bits per heavy atom. The molecule has 0 aromatic carbocycles. The summed E-state index contributed by atoms with van der Waals surface area (Å²) in [5.74, 6) is 0.440. The molecule has 19 heavy (non-hydrogen) atoms. The number of hydrogen-bond donors (Lipinski definition) is 1. The molecule has 0 aliphatic carbocycles. The van der Waals surface area contributed by atoms with Crippen LogP contribution in [0.3, 0.4) is 0 Å². The summed E-state index contributed by atoms with van der Waals surface area (Å²) in [6.45, 7) is 6.40. The Hall–Kier alpha value is -2.17. The predicted octanol–water partition coefficient (Wildman–Crippen LogP) is 1.85. The van der Waals surface area contributed by atoms with Crippen molar-refractivity contribution in [3.05, 3.63) is 29.4 Å². The molecule has 1 amide bonds. The quantitative estimate of drug-likeness (QED) is 0.893. The highest BCUT2D eigenvalue weighted by Gasteiger charge is 2.06. The lowest BCUT2D eigenvalue weighted by Crippen LogP contribution is -2.23. The first-order valence-electron chi connectivity index (χ1n) is 6.27. The van der Waals surface area contributed by atoms with Crippen LogP contribution in [0.2, 0.25) is 0 Å². The van der Waals surface area contributed by atoms with Gasteiger partial charge in [0.25, 0.3) is 0 Å². The number of nitrogens with zero attached hydrogens (tertiary/aromatic N) is 3. The van der Waals surface area contributed by atoms with Gasteiger partial charge in [0.1, 0.15) is 11.3 Å². The third-order valence-electron chi connectivity index (χ3n) is 3.02. The Morgan fingerprint density at radius 2 is 2.21 bits per heavy atom. The molecule has 100 valence electrons. The molecule has 5 nitrogen and oxygen atoms in total. The normalized spacial score (nSPS) is 11.9. The van der Waals surface area contributed by atoms with Crippen molar-refractivity contribution in [3.8, 4) is 0 Å². The van der Waals surface area contributed by atoms with E-state index in [0.29, 0.717) is 5.82 Å². The van der Waals surface area contributed by atoms with Crippen LogP contribution in [0.5, 0.6) is 0 Å². The minimum atomic E-state index is -0.123. The van der Waals surface area contributed by atoms with Crippen molar-refractivity contribution < 1.29 is 4.79 Å². The van der Waals surface area contributed by atoms with Crippen LogP contribution in [0.25, 0.3) is 10.9 Å². The molecule has 2 aromatic rings. The highest BCUT2D eigenvalue weighted by atomic mass is 16.1. The van der Waals surface area contributed by atoms with Gasteiger partial charge in [-0.1, -0.05) is 0 Å². The highest BCUT2D eigenvalue weighted by Crippen LogP contribution is 2.16. The molecule has 0 fully saturated rings. The fourth-order valence-corrected chi connectivity index (χ4v) is 2.29. The Kier molecular flexibility index (Phi) is 3.64. The molecule has 2 rings (SSSR count). The third-order valence-corrected chi connectivity index (χ3v) is 3.02. The van der Waals surface area contributed by atoms with Crippen LogP contribution in [-0.2, 0) is 11.3 Å². The lowest BCUT2D eigenvalue weighted by atomic mass is 10.2. The number of aryl methyl sites for hydroxylation is 2. The SMILES string of the molecule is CCn1c(=NC)c(C)cc2cnc(NC(C)=O)cc21. The molecule has 0 aliphatic rings. The number of rotatable bonds is 2. The van der Waals surface area contributed by atoms with Crippen LogP contribution in [-0.4, -0.2) is 22.5 Å². The number of pyridine rings is 2. The van der Waals surface area contributed by atoms with Gasteiger partial charge in [-0.2, -0.15) is 0 Å². The molecule has 0 spiro atoms. The van der Waals surface area contributed by atoms with E-state index in [4.69, 9.17) is 0 Å². The molecule has 2 heterocycles. The van der Waals surface area contributed by atoms with E-state index in [2.05, 4.69) is 32.9 Å². The Bertz CT molecular complexity index is 700. The van der Waals surface area contributed by atoms with Crippen LogP contribution < -0.4 is 10.8 Å². The lowest BCUT2D eigenvalue weighted by molar-refractivity contribution is -0.114. The highest BCUT2D eigenvalue weighted by molar-refractivity contribution is 5.90. The molecule has 0 bridgehead atoms. The van der Waals surface area contributed by atoms with Gasteiger partial charge < -0.3 is 9.88 Å². The van der Waals surface area contributed by atoms with E-state index in [1.807, 2.05) is 13.0 Å². The van der Waals surface area contributed by atoms with Gasteiger partial charge in [0.2, 0.25) is 5.91 Å². The minimum absolute atomic E-state index is 0.123. The summed E-state index contributed by atoms with van der Waals surface area (Å²) in [6.07, 6.45) is 1.78. The summed E-state index contributed by atoms with van der Waals surface area (Å²) in [5, 5.41) is 3.75. The van der Waals surface area contributed by atoms with Crippen LogP contribution in [0, 0.1) is 6.92 Å². The Balaban J connectivity index is 2.76. The number of aromatic nitrogens is 2. The van der Waals surface area contributed by atoms with Gasteiger partial charge in [0.15, 0.2) is 0 Å². The van der Waals surface area contributed by atoms with Crippen molar-refractivity contribution in [2.24, 2.45) is 4.99 Å². The van der Waals surface area contributed by atoms with Crippen LogP contribution >= 0.6 is 0 Å². The molecule has 0 unspecified atom stereocenters. The largest absolute Gasteiger partial charge is 0.326 e.